The number of benzene rings is 2. The van der Waals surface area contributed by atoms with Crippen molar-refractivity contribution in [3.8, 4) is 11.3 Å². The van der Waals surface area contributed by atoms with Gasteiger partial charge in [-0.3, -0.25) is 4.79 Å². The monoisotopic (exact) mass is 441 g/mol. The molecule has 0 radical (unpaired) electrons. The molecule has 1 atom stereocenters. The molecule has 0 bridgehead atoms. The number of hydrogen-bond acceptors (Lipinski definition) is 3. The van der Waals surface area contributed by atoms with Gasteiger partial charge in [0.2, 0.25) is 0 Å². The first-order valence-corrected chi connectivity index (χ1v) is 12.8. The smallest absolute Gasteiger partial charge is 0.255 e. The number of carbonyl (C=O) groups excluding carboxylic acids is 1. The molecule has 3 aromatic rings. The Labute approximate surface area is 197 Å². The van der Waals surface area contributed by atoms with Gasteiger partial charge in [0, 0.05) is 29.6 Å². The Kier molecular flexibility index (Phi) is 6.73. The van der Waals surface area contributed by atoms with E-state index in [1.807, 2.05) is 24.3 Å². The van der Waals surface area contributed by atoms with Gasteiger partial charge in [0.15, 0.2) is 0 Å². The fraction of sp³-hybridized carbons (Fsp3) is 0.448. The second-order valence-corrected chi connectivity index (χ2v) is 9.58. The molecule has 2 aliphatic rings. The van der Waals surface area contributed by atoms with Gasteiger partial charge in [-0.05, 0) is 57.2 Å². The number of carbonyl (C=O) groups is 1. The Balaban J connectivity index is 1.70. The maximum Gasteiger partial charge on any atom is 0.255 e. The second-order valence-electron chi connectivity index (χ2n) is 9.58. The fourth-order valence-corrected chi connectivity index (χ4v) is 5.81. The van der Waals surface area contributed by atoms with Crippen molar-refractivity contribution in [1.29, 1.82) is 0 Å². The summed E-state index contributed by atoms with van der Waals surface area (Å²) in [5, 5.41) is 4.64. The quantitative estimate of drug-likeness (QED) is 0.511. The predicted octanol–water partition coefficient (Wildman–Crippen LogP) is 5.99. The van der Waals surface area contributed by atoms with E-state index < -0.39 is 0 Å². The van der Waals surface area contributed by atoms with Crippen molar-refractivity contribution in [1.82, 2.24) is 15.2 Å². The van der Waals surface area contributed by atoms with E-state index in [0.29, 0.717) is 12.1 Å². The molecular weight excluding hydrogens is 406 g/mol. The first-order valence-electron chi connectivity index (χ1n) is 12.8. The van der Waals surface area contributed by atoms with Crippen LogP contribution in [0.4, 0.5) is 0 Å². The lowest BCUT2D eigenvalue weighted by Gasteiger charge is -2.34. The SMILES string of the molecule is CCN(C(=O)c1c(CC2CCCN2)c(-c2ccccc2)nc2ccccc12)C1CCCCC1. The van der Waals surface area contributed by atoms with Gasteiger partial charge in [0.25, 0.3) is 5.91 Å². The summed E-state index contributed by atoms with van der Waals surface area (Å²) in [5.74, 6) is 0.188. The highest BCUT2D eigenvalue weighted by molar-refractivity contribution is 6.09. The van der Waals surface area contributed by atoms with Gasteiger partial charge in [-0.15, -0.1) is 0 Å². The highest BCUT2D eigenvalue weighted by atomic mass is 16.2. The molecule has 1 aliphatic heterocycles. The van der Waals surface area contributed by atoms with Crippen molar-refractivity contribution in [2.45, 2.75) is 70.4 Å². The average Bonchev–Trinajstić information content (AvgIpc) is 3.38. The van der Waals surface area contributed by atoms with Gasteiger partial charge in [-0.25, -0.2) is 4.98 Å². The minimum atomic E-state index is 0.188. The molecular formula is C29H35N3O. The number of hydrogen-bond donors (Lipinski definition) is 1. The van der Waals surface area contributed by atoms with Crippen LogP contribution in [-0.2, 0) is 6.42 Å². The number of rotatable bonds is 6. The minimum absolute atomic E-state index is 0.188. The summed E-state index contributed by atoms with van der Waals surface area (Å²) in [6.45, 7) is 3.94. The topological polar surface area (TPSA) is 45.2 Å². The Morgan fingerprint density at radius 3 is 2.45 bits per heavy atom. The van der Waals surface area contributed by atoms with Gasteiger partial charge in [0.05, 0.1) is 16.8 Å². The van der Waals surface area contributed by atoms with Crippen molar-refractivity contribution in [3.05, 3.63) is 65.7 Å². The standard InChI is InChI=1S/C29H35N3O/c1-2-32(23-15-7-4-8-16-23)29(33)27-24-17-9-10-18-26(24)31-28(21-12-5-3-6-13-21)25(27)20-22-14-11-19-30-22/h3,5-6,9-10,12-13,17-18,22-23,30H,2,4,7-8,11,14-16,19-20H2,1H3. The van der Waals surface area contributed by atoms with E-state index in [0.717, 1.165) is 72.1 Å². The Hall–Kier alpha value is -2.72. The number of pyridine rings is 1. The summed E-state index contributed by atoms with van der Waals surface area (Å²) in [6.07, 6.45) is 9.15. The molecule has 2 fully saturated rings. The van der Waals surface area contributed by atoms with Crippen LogP contribution < -0.4 is 5.32 Å². The van der Waals surface area contributed by atoms with Crippen LogP contribution in [0, 0.1) is 0 Å². The zero-order valence-electron chi connectivity index (χ0n) is 19.7. The van der Waals surface area contributed by atoms with Gasteiger partial charge in [-0.2, -0.15) is 0 Å². The lowest BCUT2D eigenvalue weighted by molar-refractivity contribution is 0.0648. The van der Waals surface area contributed by atoms with Gasteiger partial charge in [0.1, 0.15) is 0 Å². The zero-order valence-corrected chi connectivity index (χ0v) is 19.7. The van der Waals surface area contributed by atoms with Crippen LogP contribution in [0.3, 0.4) is 0 Å². The van der Waals surface area contributed by atoms with Crippen molar-refractivity contribution in [2.24, 2.45) is 0 Å². The summed E-state index contributed by atoms with van der Waals surface area (Å²) < 4.78 is 0. The molecule has 1 unspecified atom stereocenters. The fourth-order valence-electron chi connectivity index (χ4n) is 5.81. The molecule has 1 amide bonds. The lowest BCUT2D eigenvalue weighted by Crippen LogP contribution is -2.42. The molecule has 2 heterocycles. The molecule has 2 aromatic carbocycles. The first kappa shape index (κ1) is 22.1. The maximum absolute atomic E-state index is 14.3. The van der Waals surface area contributed by atoms with E-state index in [1.54, 1.807) is 0 Å². The zero-order chi connectivity index (χ0) is 22.6. The maximum atomic E-state index is 14.3. The molecule has 172 valence electrons. The van der Waals surface area contributed by atoms with E-state index in [4.69, 9.17) is 4.98 Å². The lowest BCUT2D eigenvalue weighted by atomic mass is 9.89. The summed E-state index contributed by atoms with van der Waals surface area (Å²) in [5.41, 5.74) is 4.94. The average molecular weight is 442 g/mol. The van der Waals surface area contributed by atoms with Gasteiger partial charge >= 0.3 is 0 Å². The van der Waals surface area contributed by atoms with E-state index >= 15 is 0 Å². The summed E-state index contributed by atoms with van der Waals surface area (Å²) in [6, 6.07) is 19.3. The molecule has 1 saturated heterocycles. The molecule has 33 heavy (non-hydrogen) atoms. The largest absolute Gasteiger partial charge is 0.336 e. The highest BCUT2D eigenvalue weighted by Gasteiger charge is 2.31. The second kappa shape index (κ2) is 10.0. The van der Waals surface area contributed by atoms with Crippen LogP contribution in [0.5, 0.6) is 0 Å². The molecule has 1 aliphatic carbocycles. The Morgan fingerprint density at radius 2 is 1.73 bits per heavy atom. The van der Waals surface area contributed by atoms with Crippen LogP contribution in [0.25, 0.3) is 22.2 Å². The first-order chi connectivity index (χ1) is 16.3. The number of para-hydroxylation sites is 1. The van der Waals surface area contributed by atoms with Crippen molar-refractivity contribution in [2.75, 3.05) is 13.1 Å². The number of aromatic nitrogens is 1. The van der Waals surface area contributed by atoms with Gasteiger partial charge in [-0.1, -0.05) is 67.8 Å². The third kappa shape index (κ3) is 4.54. The van der Waals surface area contributed by atoms with Gasteiger partial charge < -0.3 is 10.2 Å². The van der Waals surface area contributed by atoms with Crippen molar-refractivity contribution < 1.29 is 4.79 Å². The minimum Gasteiger partial charge on any atom is -0.336 e. The molecule has 1 N–H and O–H groups in total. The summed E-state index contributed by atoms with van der Waals surface area (Å²) in [7, 11) is 0. The predicted molar refractivity (Wildman–Crippen MR) is 135 cm³/mol. The Bertz CT molecular complexity index is 1100. The number of nitrogens with one attached hydrogen (secondary N) is 1. The Morgan fingerprint density at radius 1 is 0.970 bits per heavy atom. The van der Waals surface area contributed by atoms with Crippen molar-refractivity contribution in [3.63, 3.8) is 0 Å². The van der Waals surface area contributed by atoms with Crippen LogP contribution in [-0.4, -0.2) is 41.0 Å². The normalized spacial score (nSPS) is 19.1. The number of nitrogens with zero attached hydrogens (tertiary/aromatic N) is 2. The molecule has 4 nitrogen and oxygen atoms in total. The summed E-state index contributed by atoms with van der Waals surface area (Å²) in [4.78, 5) is 21.6. The van der Waals surface area contributed by atoms with E-state index in [2.05, 4.69) is 47.5 Å². The summed E-state index contributed by atoms with van der Waals surface area (Å²) >= 11 is 0. The molecule has 1 aromatic heterocycles. The highest BCUT2D eigenvalue weighted by Crippen LogP contribution is 2.34. The van der Waals surface area contributed by atoms with Crippen LogP contribution in [0.15, 0.2) is 54.6 Å². The van der Waals surface area contributed by atoms with E-state index in [-0.39, 0.29) is 5.91 Å². The van der Waals surface area contributed by atoms with Crippen molar-refractivity contribution >= 4 is 16.8 Å². The third-order valence-corrected chi connectivity index (χ3v) is 7.48. The third-order valence-electron chi connectivity index (χ3n) is 7.48. The number of fused-ring (bicyclic) bond motifs is 1. The molecule has 5 rings (SSSR count). The molecule has 1 saturated carbocycles. The molecule has 4 heteroatoms. The van der Waals surface area contributed by atoms with Crippen LogP contribution in [0.2, 0.25) is 0 Å². The number of amides is 1. The van der Waals surface area contributed by atoms with Crippen LogP contribution in [0.1, 0.15) is 67.8 Å². The molecule has 0 spiro atoms. The van der Waals surface area contributed by atoms with Crippen LogP contribution >= 0.6 is 0 Å². The van der Waals surface area contributed by atoms with E-state index in [9.17, 15) is 4.79 Å². The van der Waals surface area contributed by atoms with E-state index in [1.165, 1.54) is 25.7 Å².